The molecule has 0 saturated carbocycles. The first-order chi connectivity index (χ1) is 7.31. The summed E-state index contributed by atoms with van der Waals surface area (Å²) in [6, 6.07) is 1.86. The third-order valence-corrected chi connectivity index (χ3v) is 3.60. The van der Waals surface area contributed by atoms with Gasteiger partial charge in [0.15, 0.2) is 0 Å². The Morgan fingerprint density at radius 2 is 2.20 bits per heavy atom. The second-order valence-electron chi connectivity index (χ2n) is 4.17. The average molecular weight is 225 g/mol. The van der Waals surface area contributed by atoms with Crippen LogP contribution in [0.5, 0.6) is 0 Å². The van der Waals surface area contributed by atoms with Gasteiger partial charge >= 0.3 is 0 Å². The minimum Gasteiger partial charge on any atom is -0.369 e. The fraction of sp³-hybridized carbons (Fsp3) is 0.583. The van der Waals surface area contributed by atoms with Crippen LogP contribution in [0.2, 0.25) is 5.02 Å². The zero-order chi connectivity index (χ0) is 10.7. The summed E-state index contributed by atoms with van der Waals surface area (Å²) in [6.07, 6.45) is 7.47. The summed E-state index contributed by atoms with van der Waals surface area (Å²) in [4.78, 5) is 6.48. The van der Waals surface area contributed by atoms with Gasteiger partial charge in [0.1, 0.15) is 0 Å². The van der Waals surface area contributed by atoms with E-state index < -0.39 is 0 Å². The zero-order valence-electron chi connectivity index (χ0n) is 9.12. The second-order valence-corrected chi connectivity index (χ2v) is 4.57. The Hall–Kier alpha value is -0.760. The van der Waals surface area contributed by atoms with Crippen molar-refractivity contribution >= 4 is 17.3 Å². The Labute approximate surface area is 96.3 Å². The normalized spacial score (nSPS) is 18.1. The van der Waals surface area contributed by atoms with Gasteiger partial charge in [0.25, 0.3) is 0 Å². The summed E-state index contributed by atoms with van der Waals surface area (Å²) in [5.41, 5.74) is 1.09. The van der Waals surface area contributed by atoms with Crippen LogP contribution in [0.3, 0.4) is 0 Å². The first-order valence-electron chi connectivity index (χ1n) is 5.65. The van der Waals surface area contributed by atoms with Crippen molar-refractivity contribution in [3.05, 3.63) is 23.5 Å². The van der Waals surface area contributed by atoms with E-state index in [2.05, 4.69) is 16.8 Å². The van der Waals surface area contributed by atoms with E-state index in [9.17, 15) is 0 Å². The summed E-state index contributed by atoms with van der Waals surface area (Å²) >= 11 is 6.15. The minimum absolute atomic E-state index is 0.819. The van der Waals surface area contributed by atoms with Gasteiger partial charge in [-0.05, 0) is 24.8 Å². The topological polar surface area (TPSA) is 16.1 Å². The molecule has 1 aliphatic rings. The van der Waals surface area contributed by atoms with Gasteiger partial charge in [0, 0.05) is 19.3 Å². The maximum Gasteiger partial charge on any atom is 0.0742 e. The Kier molecular flexibility index (Phi) is 3.47. The first-order valence-corrected chi connectivity index (χ1v) is 6.03. The fourth-order valence-electron chi connectivity index (χ4n) is 2.18. The molecule has 82 valence electrons. The lowest BCUT2D eigenvalue weighted by Crippen LogP contribution is -2.33. The van der Waals surface area contributed by atoms with E-state index >= 15 is 0 Å². The summed E-state index contributed by atoms with van der Waals surface area (Å²) in [7, 11) is 0. The van der Waals surface area contributed by atoms with E-state index in [0.717, 1.165) is 29.7 Å². The van der Waals surface area contributed by atoms with Gasteiger partial charge < -0.3 is 4.90 Å². The quantitative estimate of drug-likeness (QED) is 0.766. The molecule has 1 aromatic heterocycles. The molecule has 0 spiro atoms. The molecular weight excluding hydrogens is 208 g/mol. The summed E-state index contributed by atoms with van der Waals surface area (Å²) in [5, 5.41) is 0.819. The average Bonchev–Trinajstić information content (AvgIpc) is 2.30. The predicted molar refractivity (Wildman–Crippen MR) is 64.5 cm³/mol. The van der Waals surface area contributed by atoms with Gasteiger partial charge in [-0.1, -0.05) is 24.9 Å². The van der Waals surface area contributed by atoms with Crippen molar-refractivity contribution in [1.82, 2.24) is 4.98 Å². The number of nitrogens with zero attached hydrogens (tertiary/aromatic N) is 2. The molecule has 2 heterocycles. The van der Waals surface area contributed by atoms with Crippen molar-refractivity contribution in [2.45, 2.75) is 26.2 Å². The highest BCUT2D eigenvalue weighted by Gasteiger charge is 2.19. The largest absolute Gasteiger partial charge is 0.369 e. The minimum atomic E-state index is 0.819. The van der Waals surface area contributed by atoms with Crippen molar-refractivity contribution in [2.75, 3.05) is 18.0 Å². The van der Waals surface area contributed by atoms with E-state index in [1.165, 1.54) is 19.3 Å². The van der Waals surface area contributed by atoms with Gasteiger partial charge in [0.05, 0.1) is 16.9 Å². The highest BCUT2D eigenvalue weighted by atomic mass is 35.5. The number of aromatic nitrogens is 1. The molecular formula is C12H17ClN2. The molecule has 3 heteroatoms. The van der Waals surface area contributed by atoms with Crippen molar-refractivity contribution in [3.8, 4) is 0 Å². The second kappa shape index (κ2) is 4.84. The molecule has 1 saturated heterocycles. The highest BCUT2D eigenvalue weighted by molar-refractivity contribution is 6.33. The maximum absolute atomic E-state index is 6.15. The van der Waals surface area contributed by atoms with Crippen molar-refractivity contribution in [2.24, 2.45) is 5.92 Å². The number of piperidine rings is 1. The van der Waals surface area contributed by atoms with Gasteiger partial charge in [-0.25, -0.2) is 0 Å². The van der Waals surface area contributed by atoms with E-state index in [0.29, 0.717) is 0 Å². The Bertz CT molecular complexity index is 319. The van der Waals surface area contributed by atoms with E-state index in [1.54, 1.807) is 6.20 Å². The Morgan fingerprint density at radius 3 is 2.80 bits per heavy atom. The van der Waals surface area contributed by atoms with Crippen LogP contribution in [0.25, 0.3) is 0 Å². The molecule has 0 unspecified atom stereocenters. The molecule has 0 aromatic carbocycles. The lowest BCUT2D eigenvalue weighted by atomic mass is 9.94. The molecule has 0 radical (unpaired) electrons. The van der Waals surface area contributed by atoms with Crippen LogP contribution in [0.4, 0.5) is 5.69 Å². The predicted octanol–water partition coefficient (Wildman–Crippen LogP) is 3.36. The van der Waals surface area contributed by atoms with Crippen molar-refractivity contribution in [3.63, 3.8) is 0 Å². The van der Waals surface area contributed by atoms with Crippen LogP contribution in [0, 0.1) is 5.92 Å². The molecule has 0 atom stereocenters. The van der Waals surface area contributed by atoms with Crippen LogP contribution < -0.4 is 4.90 Å². The Morgan fingerprint density at radius 1 is 1.47 bits per heavy atom. The van der Waals surface area contributed by atoms with Crippen LogP contribution in [-0.4, -0.2) is 18.1 Å². The van der Waals surface area contributed by atoms with Gasteiger partial charge in [-0.3, -0.25) is 4.98 Å². The molecule has 2 nitrogen and oxygen atoms in total. The van der Waals surface area contributed by atoms with Crippen LogP contribution in [-0.2, 0) is 0 Å². The number of hydrogen-bond donors (Lipinski definition) is 0. The molecule has 15 heavy (non-hydrogen) atoms. The van der Waals surface area contributed by atoms with Crippen molar-refractivity contribution in [1.29, 1.82) is 0 Å². The summed E-state index contributed by atoms with van der Waals surface area (Å²) < 4.78 is 0. The Balaban J connectivity index is 2.04. The molecule has 2 rings (SSSR count). The zero-order valence-corrected chi connectivity index (χ0v) is 9.87. The van der Waals surface area contributed by atoms with Crippen LogP contribution in [0.15, 0.2) is 18.5 Å². The van der Waals surface area contributed by atoms with Crippen LogP contribution >= 0.6 is 11.6 Å². The third-order valence-electron chi connectivity index (χ3n) is 3.28. The maximum atomic E-state index is 6.15. The monoisotopic (exact) mass is 224 g/mol. The molecule has 0 bridgehead atoms. The first kappa shape index (κ1) is 10.7. The molecule has 0 aliphatic carbocycles. The summed E-state index contributed by atoms with van der Waals surface area (Å²) in [5.74, 6) is 0.900. The van der Waals surface area contributed by atoms with Crippen LogP contribution in [0.1, 0.15) is 26.2 Å². The lowest BCUT2D eigenvalue weighted by Gasteiger charge is -2.33. The third kappa shape index (κ3) is 2.43. The summed E-state index contributed by atoms with van der Waals surface area (Å²) in [6.45, 7) is 4.51. The van der Waals surface area contributed by atoms with Gasteiger partial charge in [-0.2, -0.15) is 0 Å². The lowest BCUT2D eigenvalue weighted by molar-refractivity contribution is 0.395. The molecule has 0 amide bonds. The SMILES string of the molecule is CCC1CCN(c2cnccc2Cl)CC1. The number of halogens is 1. The smallest absolute Gasteiger partial charge is 0.0742 e. The van der Waals surface area contributed by atoms with Gasteiger partial charge in [0.2, 0.25) is 0 Å². The van der Waals surface area contributed by atoms with E-state index in [4.69, 9.17) is 11.6 Å². The molecule has 0 N–H and O–H groups in total. The van der Waals surface area contributed by atoms with Gasteiger partial charge in [-0.15, -0.1) is 0 Å². The molecule has 1 fully saturated rings. The number of pyridine rings is 1. The standard InChI is InChI=1S/C12H17ClN2/c1-2-10-4-7-15(8-5-10)12-9-14-6-3-11(12)13/h3,6,9-10H,2,4-5,7-8H2,1H3. The molecule has 1 aliphatic heterocycles. The highest BCUT2D eigenvalue weighted by Crippen LogP contribution is 2.29. The van der Waals surface area contributed by atoms with E-state index in [-0.39, 0.29) is 0 Å². The molecule has 1 aromatic rings. The van der Waals surface area contributed by atoms with Crippen molar-refractivity contribution < 1.29 is 0 Å². The number of anilines is 1. The van der Waals surface area contributed by atoms with E-state index in [1.807, 2.05) is 12.3 Å². The number of hydrogen-bond acceptors (Lipinski definition) is 2. The number of rotatable bonds is 2. The fourth-order valence-corrected chi connectivity index (χ4v) is 2.41.